The van der Waals surface area contributed by atoms with E-state index in [0.29, 0.717) is 31.8 Å². The number of hydrogen-bond acceptors (Lipinski definition) is 3. The number of carboxylic acid groups (broad SMARTS) is 1. The van der Waals surface area contributed by atoms with Gasteiger partial charge < -0.3 is 15.3 Å². The van der Waals surface area contributed by atoms with Gasteiger partial charge in [0.15, 0.2) is 0 Å². The normalized spacial score (nSPS) is 16.0. The van der Waals surface area contributed by atoms with Gasteiger partial charge in [0.25, 0.3) is 0 Å². The summed E-state index contributed by atoms with van der Waals surface area (Å²) in [6.45, 7) is 10.2. The molecule has 7 nitrogen and oxygen atoms in total. The van der Waals surface area contributed by atoms with E-state index in [1.165, 1.54) is 0 Å². The lowest BCUT2D eigenvalue weighted by Crippen LogP contribution is -2.42. The molecule has 2 heterocycles. The standard InChI is InChI=1S/C17H28N4O3/c1-11(2)10-21-15(12(3)4)14(9-18-21)19-17(24)20-7-5-13(6-8-20)16(22)23/h9,11-13H,5-8,10H2,1-4H3,(H,19,24)(H,22,23). The summed E-state index contributed by atoms with van der Waals surface area (Å²) in [4.78, 5) is 25.2. The molecule has 1 aromatic rings. The van der Waals surface area contributed by atoms with E-state index >= 15 is 0 Å². The minimum Gasteiger partial charge on any atom is -0.481 e. The smallest absolute Gasteiger partial charge is 0.321 e. The molecule has 0 spiro atoms. The van der Waals surface area contributed by atoms with Gasteiger partial charge in [0.1, 0.15) is 0 Å². The van der Waals surface area contributed by atoms with E-state index in [0.717, 1.165) is 17.9 Å². The zero-order valence-corrected chi connectivity index (χ0v) is 15.0. The van der Waals surface area contributed by atoms with Crippen LogP contribution in [0, 0.1) is 11.8 Å². The number of nitrogens with one attached hydrogen (secondary N) is 1. The fraction of sp³-hybridized carbons (Fsp3) is 0.706. The van der Waals surface area contributed by atoms with E-state index in [4.69, 9.17) is 5.11 Å². The Morgan fingerprint density at radius 2 is 1.92 bits per heavy atom. The van der Waals surface area contributed by atoms with Crippen molar-refractivity contribution in [2.24, 2.45) is 11.8 Å². The number of rotatable bonds is 5. The first kappa shape index (κ1) is 18.3. The van der Waals surface area contributed by atoms with Gasteiger partial charge in [0.2, 0.25) is 0 Å². The van der Waals surface area contributed by atoms with Crippen molar-refractivity contribution >= 4 is 17.7 Å². The first-order valence-corrected chi connectivity index (χ1v) is 8.64. The highest BCUT2D eigenvalue weighted by molar-refractivity contribution is 5.90. The van der Waals surface area contributed by atoms with Crippen LogP contribution in [-0.2, 0) is 11.3 Å². The van der Waals surface area contributed by atoms with Gasteiger partial charge in [0.05, 0.1) is 23.5 Å². The highest BCUT2D eigenvalue weighted by Gasteiger charge is 2.27. The van der Waals surface area contributed by atoms with E-state index in [1.807, 2.05) is 4.68 Å². The number of carbonyl (C=O) groups excluding carboxylic acids is 1. The van der Waals surface area contributed by atoms with Crippen molar-refractivity contribution in [3.63, 3.8) is 0 Å². The number of anilines is 1. The van der Waals surface area contributed by atoms with Crippen LogP contribution < -0.4 is 5.32 Å². The molecule has 0 bridgehead atoms. The molecule has 0 aromatic carbocycles. The average molecular weight is 336 g/mol. The van der Waals surface area contributed by atoms with Gasteiger partial charge in [-0.15, -0.1) is 0 Å². The summed E-state index contributed by atoms with van der Waals surface area (Å²) in [5, 5.41) is 16.4. The number of urea groups is 1. The van der Waals surface area contributed by atoms with Crippen molar-refractivity contribution < 1.29 is 14.7 Å². The molecule has 0 aliphatic carbocycles. The molecular formula is C17H28N4O3. The molecule has 0 radical (unpaired) electrons. The lowest BCUT2D eigenvalue weighted by Gasteiger charge is -2.30. The zero-order valence-electron chi connectivity index (χ0n) is 15.0. The van der Waals surface area contributed by atoms with Crippen molar-refractivity contribution in [2.45, 2.75) is 53.0 Å². The Labute approximate surface area is 143 Å². The van der Waals surface area contributed by atoms with Gasteiger partial charge in [0, 0.05) is 19.6 Å². The number of hydrogen-bond donors (Lipinski definition) is 2. The number of carboxylic acids is 1. The second-order valence-corrected chi connectivity index (χ2v) is 7.20. The number of piperidine rings is 1. The Hall–Kier alpha value is -2.05. The molecule has 1 saturated heterocycles. The predicted octanol–water partition coefficient (Wildman–Crippen LogP) is 2.99. The maximum atomic E-state index is 12.5. The number of nitrogens with zero attached hydrogens (tertiary/aromatic N) is 3. The molecule has 1 fully saturated rings. The topological polar surface area (TPSA) is 87.5 Å². The van der Waals surface area contributed by atoms with Crippen LogP contribution in [0.25, 0.3) is 0 Å². The first-order valence-electron chi connectivity index (χ1n) is 8.64. The summed E-state index contributed by atoms with van der Waals surface area (Å²) in [7, 11) is 0. The molecule has 134 valence electrons. The molecule has 2 rings (SSSR count). The fourth-order valence-electron chi connectivity index (χ4n) is 3.12. The molecule has 0 saturated carbocycles. The van der Waals surface area contributed by atoms with E-state index in [9.17, 15) is 9.59 Å². The highest BCUT2D eigenvalue weighted by atomic mass is 16.4. The predicted molar refractivity (Wildman–Crippen MR) is 92.1 cm³/mol. The molecule has 1 aromatic heterocycles. The van der Waals surface area contributed by atoms with Gasteiger partial charge in [-0.05, 0) is 24.7 Å². The van der Waals surface area contributed by atoms with Crippen molar-refractivity contribution in [3.8, 4) is 0 Å². The first-order chi connectivity index (χ1) is 11.3. The largest absolute Gasteiger partial charge is 0.481 e. The van der Waals surface area contributed by atoms with E-state index in [2.05, 4.69) is 38.1 Å². The third-order valence-corrected chi connectivity index (χ3v) is 4.34. The molecule has 2 N–H and O–H groups in total. The molecule has 1 aliphatic heterocycles. The molecule has 7 heteroatoms. The van der Waals surface area contributed by atoms with Gasteiger partial charge in [-0.25, -0.2) is 4.79 Å². The number of aromatic nitrogens is 2. The molecule has 1 aliphatic rings. The maximum absolute atomic E-state index is 12.5. The Balaban J connectivity index is 2.04. The lowest BCUT2D eigenvalue weighted by atomic mass is 9.97. The lowest BCUT2D eigenvalue weighted by molar-refractivity contribution is -0.143. The molecule has 24 heavy (non-hydrogen) atoms. The average Bonchev–Trinajstić information content (AvgIpc) is 2.89. The summed E-state index contributed by atoms with van der Waals surface area (Å²) in [6, 6.07) is -0.176. The van der Waals surface area contributed by atoms with Crippen molar-refractivity contribution in [1.82, 2.24) is 14.7 Å². The van der Waals surface area contributed by atoms with Gasteiger partial charge in [-0.1, -0.05) is 27.7 Å². The van der Waals surface area contributed by atoms with Crippen LogP contribution in [0.5, 0.6) is 0 Å². The Bertz CT molecular complexity index is 587. The van der Waals surface area contributed by atoms with Gasteiger partial charge >= 0.3 is 12.0 Å². The minimum atomic E-state index is -0.771. The van der Waals surface area contributed by atoms with E-state index in [-0.39, 0.29) is 17.9 Å². The second kappa shape index (κ2) is 7.68. The van der Waals surface area contributed by atoms with Crippen LogP contribution in [0.15, 0.2) is 6.20 Å². The fourth-order valence-corrected chi connectivity index (χ4v) is 3.12. The minimum absolute atomic E-state index is 0.176. The molecule has 2 amide bonds. The Morgan fingerprint density at radius 3 is 2.42 bits per heavy atom. The molecule has 0 atom stereocenters. The van der Waals surface area contributed by atoms with Crippen molar-refractivity contribution in [2.75, 3.05) is 18.4 Å². The Kier molecular flexibility index (Phi) is 5.85. The zero-order chi connectivity index (χ0) is 17.9. The molecule has 0 unspecified atom stereocenters. The van der Waals surface area contributed by atoms with Crippen molar-refractivity contribution in [3.05, 3.63) is 11.9 Å². The van der Waals surface area contributed by atoms with E-state index < -0.39 is 5.97 Å². The second-order valence-electron chi connectivity index (χ2n) is 7.20. The number of carbonyl (C=O) groups is 2. The number of aliphatic carboxylic acids is 1. The highest BCUT2D eigenvalue weighted by Crippen LogP contribution is 2.26. The SMILES string of the molecule is CC(C)Cn1ncc(NC(=O)N2CCC(C(=O)O)CC2)c1C(C)C. The number of likely N-dealkylation sites (tertiary alicyclic amines) is 1. The van der Waals surface area contributed by atoms with Gasteiger partial charge in [-0.3, -0.25) is 9.48 Å². The third-order valence-electron chi connectivity index (χ3n) is 4.34. The van der Waals surface area contributed by atoms with Crippen molar-refractivity contribution in [1.29, 1.82) is 0 Å². The van der Waals surface area contributed by atoms with Crippen LogP contribution in [0.3, 0.4) is 0 Å². The monoisotopic (exact) mass is 336 g/mol. The van der Waals surface area contributed by atoms with Crippen LogP contribution >= 0.6 is 0 Å². The summed E-state index contributed by atoms with van der Waals surface area (Å²) in [6.07, 6.45) is 2.72. The quantitative estimate of drug-likeness (QED) is 0.865. The molecular weight excluding hydrogens is 308 g/mol. The summed E-state index contributed by atoms with van der Waals surface area (Å²) in [5.41, 5.74) is 1.77. The van der Waals surface area contributed by atoms with Crippen LogP contribution in [0.1, 0.15) is 52.1 Å². The third kappa shape index (κ3) is 4.27. The summed E-state index contributed by atoms with van der Waals surface area (Å²) >= 11 is 0. The van der Waals surface area contributed by atoms with Crippen LogP contribution in [0.2, 0.25) is 0 Å². The maximum Gasteiger partial charge on any atom is 0.321 e. The summed E-state index contributed by atoms with van der Waals surface area (Å²) in [5.74, 6) is -0.388. The van der Waals surface area contributed by atoms with Gasteiger partial charge in [-0.2, -0.15) is 5.10 Å². The van der Waals surface area contributed by atoms with Crippen LogP contribution in [-0.4, -0.2) is 44.9 Å². The summed E-state index contributed by atoms with van der Waals surface area (Å²) < 4.78 is 1.96. The van der Waals surface area contributed by atoms with E-state index in [1.54, 1.807) is 11.1 Å². The number of amides is 2. The Morgan fingerprint density at radius 1 is 1.29 bits per heavy atom. The van der Waals surface area contributed by atoms with Crippen LogP contribution in [0.4, 0.5) is 10.5 Å².